The van der Waals surface area contributed by atoms with Crippen LogP contribution in [0.5, 0.6) is 0 Å². The molecule has 0 aromatic carbocycles. The number of aromatic nitrogens is 2. The Morgan fingerprint density at radius 2 is 2.07 bits per heavy atom. The molecular formula is C11H17N3O. The van der Waals surface area contributed by atoms with Gasteiger partial charge in [-0.3, -0.25) is 0 Å². The number of aliphatic hydroxyl groups is 1. The Labute approximate surface area is 89.8 Å². The van der Waals surface area contributed by atoms with Gasteiger partial charge in [-0.2, -0.15) is 0 Å². The molecule has 1 saturated carbocycles. The van der Waals surface area contributed by atoms with E-state index in [9.17, 15) is 0 Å². The van der Waals surface area contributed by atoms with Gasteiger partial charge in [0.1, 0.15) is 6.33 Å². The maximum Gasteiger partial charge on any atom is 0.115 e. The molecule has 0 radical (unpaired) electrons. The van der Waals surface area contributed by atoms with Crippen molar-refractivity contribution in [3.63, 3.8) is 0 Å². The van der Waals surface area contributed by atoms with Crippen molar-refractivity contribution < 1.29 is 5.11 Å². The van der Waals surface area contributed by atoms with E-state index in [1.807, 2.05) is 12.4 Å². The number of aliphatic hydroxyl groups excluding tert-OH is 1. The molecule has 0 aliphatic heterocycles. The largest absolute Gasteiger partial charge is 0.396 e. The number of nitrogens with zero attached hydrogens (tertiary/aromatic N) is 2. The van der Waals surface area contributed by atoms with Crippen LogP contribution in [0.2, 0.25) is 0 Å². The molecule has 82 valence electrons. The molecule has 1 aromatic heterocycles. The molecule has 0 saturated heterocycles. The minimum Gasteiger partial charge on any atom is -0.396 e. The van der Waals surface area contributed by atoms with Crippen LogP contribution < -0.4 is 5.32 Å². The lowest BCUT2D eigenvalue weighted by atomic mass is 9.74. The average molecular weight is 207 g/mol. The molecule has 0 spiro atoms. The van der Waals surface area contributed by atoms with Crippen LogP contribution in [0.15, 0.2) is 18.7 Å². The molecule has 1 heterocycles. The fourth-order valence-corrected chi connectivity index (χ4v) is 2.04. The van der Waals surface area contributed by atoms with Crippen molar-refractivity contribution in [3.8, 4) is 0 Å². The Balaban J connectivity index is 1.86. The van der Waals surface area contributed by atoms with Crippen molar-refractivity contribution in [2.24, 2.45) is 0 Å². The first kappa shape index (κ1) is 10.5. The van der Waals surface area contributed by atoms with E-state index in [0.717, 1.165) is 18.5 Å². The van der Waals surface area contributed by atoms with Gasteiger partial charge < -0.3 is 10.4 Å². The highest BCUT2D eigenvalue weighted by Crippen LogP contribution is 2.34. The zero-order valence-corrected chi connectivity index (χ0v) is 8.82. The van der Waals surface area contributed by atoms with Crippen LogP contribution >= 0.6 is 0 Å². The minimum absolute atomic E-state index is 0.171. The predicted molar refractivity (Wildman–Crippen MR) is 57.2 cm³/mol. The first-order valence-corrected chi connectivity index (χ1v) is 5.44. The second kappa shape index (κ2) is 4.68. The molecule has 4 nitrogen and oxygen atoms in total. The van der Waals surface area contributed by atoms with Crippen molar-refractivity contribution in [2.75, 3.05) is 6.61 Å². The Bertz CT molecular complexity index is 298. The summed E-state index contributed by atoms with van der Waals surface area (Å²) in [5, 5.41) is 12.5. The van der Waals surface area contributed by atoms with E-state index in [4.69, 9.17) is 5.11 Å². The predicted octanol–water partition coefficient (Wildman–Crippen LogP) is 0.871. The maximum absolute atomic E-state index is 9.00. The van der Waals surface area contributed by atoms with Crippen molar-refractivity contribution in [3.05, 3.63) is 24.3 Å². The zero-order chi connectivity index (χ0) is 10.6. The molecule has 1 aromatic rings. The summed E-state index contributed by atoms with van der Waals surface area (Å²) < 4.78 is 0. The highest BCUT2D eigenvalue weighted by atomic mass is 16.3. The number of rotatable bonds is 5. The summed E-state index contributed by atoms with van der Waals surface area (Å²) in [6, 6.07) is 0. The fourth-order valence-electron chi connectivity index (χ4n) is 2.04. The SMILES string of the molecule is OCCC1(NCc2cncnc2)CCC1. The van der Waals surface area contributed by atoms with Gasteiger partial charge in [0, 0.05) is 36.6 Å². The van der Waals surface area contributed by atoms with Gasteiger partial charge in [-0.15, -0.1) is 0 Å². The summed E-state index contributed by atoms with van der Waals surface area (Å²) in [7, 11) is 0. The first-order valence-electron chi connectivity index (χ1n) is 5.44. The molecule has 1 fully saturated rings. The van der Waals surface area contributed by atoms with Gasteiger partial charge in [-0.05, 0) is 25.7 Å². The summed E-state index contributed by atoms with van der Waals surface area (Å²) in [5.41, 5.74) is 1.27. The third-order valence-electron chi connectivity index (χ3n) is 3.18. The van der Waals surface area contributed by atoms with Gasteiger partial charge in [-0.1, -0.05) is 0 Å². The molecule has 1 aliphatic carbocycles. The monoisotopic (exact) mass is 207 g/mol. The van der Waals surface area contributed by atoms with Crippen LogP contribution in [0.25, 0.3) is 0 Å². The molecule has 1 aliphatic rings. The van der Waals surface area contributed by atoms with E-state index in [1.165, 1.54) is 25.6 Å². The molecule has 4 heteroatoms. The van der Waals surface area contributed by atoms with Gasteiger partial charge >= 0.3 is 0 Å². The Hall–Kier alpha value is -1.00. The number of hydrogen-bond acceptors (Lipinski definition) is 4. The molecule has 0 amide bonds. The van der Waals surface area contributed by atoms with Gasteiger partial charge in [-0.25, -0.2) is 9.97 Å². The fraction of sp³-hybridized carbons (Fsp3) is 0.636. The van der Waals surface area contributed by atoms with Gasteiger partial charge in [0.25, 0.3) is 0 Å². The minimum atomic E-state index is 0.171. The van der Waals surface area contributed by atoms with E-state index in [2.05, 4.69) is 15.3 Å². The smallest absolute Gasteiger partial charge is 0.115 e. The first-order chi connectivity index (χ1) is 7.35. The van der Waals surface area contributed by atoms with Crippen LogP contribution in [0.4, 0.5) is 0 Å². The standard InChI is InChI=1S/C11H17N3O/c15-5-4-11(2-1-3-11)14-8-10-6-12-9-13-7-10/h6-7,9,14-15H,1-5,8H2. The van der Waals surface area contributed by atoms with Gasteiger partial charge in [0.15, 0.2) is 0 Å². The topological polar surface area (TPSA) is 58.0 Å². The van der Waals surface area contributed by atoms with E-state index >= 15 is 0 Å². The lowest BCUT2D eigenvalue weighted by Crippen LogP contribution is -2.51. The summed E-state index contributed by atoms with van der Waals surface area (Å²) in [6.45, 7) is 1.05. The van der Waals surface area contributed by atoms with E-state index < -0.39 is 0 Å². The van der Waals surface area contributed by atoms with Crippen LogP contribution in [0.3, 0.4) is 0 Å². The zero-order valence-electron chi connectivity index (χ0n) is 8.82. The second-order valence-corrected chi connectivity index (χ2v) is 4.21. The van der Waals surface area contributed by atoms with E-state index in [0.29, 0.717) is 0 Å². The molecule has 0 unspecified atom stereocenters. The van der Waals surface area contributed by atoms with Crippen LogP contribution in [-0.2, 0) is 6.54 Å². The maximum atomic E-state index is 9.00. The highest BCUT2D eigenvalue weighted by Gasteiger charge is 2.35. The van der Waals surface area contributed by atoms with Gasteiger partial charge in [0.05, 0.1) is 0 Å². The van der Waals surface area contributed by atoms with Crippen LogP contribution in [0.1, 0.15) is 31.2 Å². The molecule has 15 heavy (non-hydrogen) atoms. The molecule has 0 bridgehead atoms. The normalized spacial score (nSPS) is 18.5. The second-order valence-electron chi connectivity index (χ2n) is 4.21. The van der Waals surface area contributed by atoms with Crippen LogP contribution in [-0.4, -0.2) is 27.2 Å². The average Bonchev–Trinajstić information content (AvgIpc) is 2.23. The summed E-state index contributed by atoms with van der Waals surface area (Å²) in [4.78, 5) is 7.95. The Morgan fingerprint density at radius 3 is 2.60 bits per heavy atom. The third kappa shape index (κ3) is 2.52. The summed E-state index contributed by atoms with van der Waals surface area (Å²) in [5.74, 6) is 0. The molecule has 2 N–H and O–H groups in total. The number of hydrogen-bond donors (Lipinski definition) is 2. The highest BCUT2D eigenvalue weighted by molar-refractivity contribution is 5.05. The van der Waals surface area contributed by atoms with E-state index in [1.54, 1.807) is 0 Å². The lowest BCUT2D eigenvalue weighted by Gasteiger charge is -2.42. The Kier molecular flexibility index (Phi) is 3.28. The molecule has 2 rings (SSSR count). The number of nitrogens with one attached hydrogen (secondary N) is 1. The van der Waals surface area contributed by atoms with E-state index in [-0.39, 0.29) is 12.1 Å². The third-order valence-corrected chi connectivity index (χ3v) is 3.18. The molecule has 0 atom stereocenters. The van der Waals surface area contributed by atoms with Gasteiger partial charge in [0.2, 0.25) is 0 Å². The van der Waals surface area contributed by atoms with Crippen molar-refractivity contribution in [1.82, 2.24) is 15.3 Å². The lowest BCUT2D eigenvalue weighted by molar-refractivity contribution is 0.130. The van der Waals surface area contributed by atoms with Crippen molar-refractivity contribution in [2.45, 2.75) is 37.8 Å². The quantitative estimate of drug-likeness (QED) is 0.752. The van der Waals surface area contributed by atoms with Crippen LogP contribution in [0, 0.1) is 0 Å². The van der Waals surface area contributed by atoms with Crippen molar-refractivity contribution in [1.29, 1.82) is 0 Å². The Morgan fingerprint density at radius 1 is 1.33 bits per heavy atom. The van der Waals surface area contributed by atoms with Crippen molar-refractivity contribution >= 4 is 0 Å². The summed E-state index contributed by atoms with van der Waals surface area (Å²) in [6.07, 6.45) is 9.63. The molecular weight excluding hydrogens is 190 g/mol. The summed E-state index contributed by atoms with van der Waals surface area (Å²) >= 11 is 0.